The highest BCUT2D eigenvalue weighted by Crippen LogP contribution is 2.32. The Hall–Kier alpha value is -1.58. The summed E-state index contributed by atoms with van der Waals surface area (Å²) >= 11 is 0. The van der Waals surface area contributed by atoms with Crippen LogP contribution in [0.1, 0.15) is 47.3 Å². The van der Waals surface area contributed by atoms with E-state index < -0.39 is 5.97 Å². The van der Waals surface area contributed by atoms with E-state index in [1.54, 1.807) is 0 Å². The molecular weight excluding hydrogens is 240 g/mol. The molecule has 0 amide bonds. The summed E-state index contributed by atoms with van der Waals surface area (Å²) in [6.07, 6.45) is 6.79. The Morgan fingerprint density at radius 2 is 2.16 bits per heavy atom. The van der Waals surface area contributed by atoms with Gasteiger partial charge >= 0.3 is 5.97 Å². The van der Waals surface area contributed by atoms with Gasteiger partial charge in [0.2, 0.25) is 0 Å². The van der Waals surface area contributed by atoms with Gasteiger partial charge in [-0.1, -0.05) is 0 Å². The van der Waals surface area contributed by atoms with Gasteiger partial charge in [0.15, 0.2) is 0 Å². The van der Waals surface area contributed by atoms with Crippen molar-refractivity contribution in [3.05, 3.63) is 22.9 Å². The average Bonchev–Trinajstić information content (AvgIpc) is 3.21. The normalized spacial score (nSPS) is 17.9. The van der Waals surface area contributed by atoms with E-state index in [1.165, 1.54) is 12.8 Å². The average molecular weight is 260 g/mol. The number of carboxylic acids is 1. The minimum atomic E-state index is -0.862. The second-order valence-electron chi connectivity index (χ2n) is 5.80. The molecule has 0 radical (unpaired) electrons. The van der Waals surface area contributed by atoms with Gasteiger partial charge in [0, 0.05) is 19.3 Å². The molecule has 19 heavy (non-hydrogen) atoms. The molecule has 3 rings (SSSR count). The third-order valence-corrected chi connectivity index (χ3v) is 4.10. The first-order chi connectivity index (χ1) is 9.15. The lowest BCUT2D eigenvalue weighted by Gasteiger charge is -2.23. The highest BCUT2D eigenvalue weighted by Gasteiger charge is 2.26. The quantitative estimate of drug-likeness (QED) is 0.903. The van der Waals surface area contributed by atoms with Gasteiger partial charge in [-0.2, -0.15) is 0 Å². The molecule has 102 valence electrons. The molecule has 1 aromatic rings. The van der Waals surface area contributed by atoms with Crippen LogP contribution in [0, 0.1) is 5.92 Å². The number of hydrogen-bond acceptors (Lipinski definition) is 3. The van der Waals surface area contributed by atoms with E-state index in [4.69, 9.17) is 0 Å². The number of aryl methyl sites for hydroxylation is 2. The number of fused-ring (bicyclic) bond motifs is 1. The third kappa shape index (κ3) is 2.57. The molecule has 2 aliphatic rings. The second kappa shape index (κ2) is 4.83. The maximum absolute atomic E-state index is 11.4. The van der Waals surface area contributed by atoms with E-state index in [0.29, 0.717) is 11.4 Å². The van der Waals surface area contributed by atoms with Crippen molar-refractivity contribution >= 4 is 11.8 Å². The molecule has 1 heterocycles. The lowest BCUT2D eigenvalue weighted by Crippen LogP contribution is -2.25. The number of nitrogens with zero attached hydrogens (tertiary/aromatic N) is 2. The van der Waals surface area contributed by atoms with Gasteiger partial charge < -0.3 is 10.0 Å². The lowest BCUT2D eigenvalue weighted by molar-refractivity contribution is 0.0697. The third-order valence-electron chi connectivity index (χ3n) is 4.10. The highest BCUT2D eigenvalue weighted by molar-refractivity contribution is 5.93. The number of aromatic carboxylic acids is 1. The molecule has 0 unspecified atom stereocenters. The van der Waals surface area contributed by atoms with Gasteiger partial charge in [-0.3, -0.25) is 0 Å². The Kier molecular flexibility index (Phi) is 3.17. The first-order valence-electron chi connectivity index (χ1n) is 7.12. The molecule has 1 N–H and O–H groups in total. The molecule has 0 spiro atoms. The molecule has 1 aromatic heterocycles. The monoisotopic (exact) mass is 260 g/mol. The first-order valence-corrected chi connectivity index (χ1v) is 7.12. The fourth-order valence-electron chi connectivity index (χ4n) is 2.85. The Morgan fingerprint density at radius 3 is 2.84 bits per heavy atom. The van der Waals surface area contributed by atoms with E-state index in [0.717, 1.165) is 49.4 Å². The zero-order valence-corrected chi connectivity index (χ0v) is 11.4. The van der Waals surface area contributed by atoms with E-state index in [2.05, 4.69) is 4.98 Å². The molecule has 0 atom stereocenters. The predicted octanol–water partition coefficient (Wildman–Crippen LogP) is 2.50. The Balaban J connectivity index is 1.97. The predicted molar refractivity (Wildman–Crippen MR) is 73.8 cm³/mol. The van der Waals surface area contributed by atoms with Crippen LogP contribution >= 0.6 is 0 Å². The van der Waals surface area contributed by atoms with Crippen LogP contribution in [0.3, 0.4) is 0 Å². The van der Waals surface area contributed by atoms with Crippen LogP contribution in [0.4, 0.5) is 5.82 Å². The zero-order chi connectivity index (χ0) is 13.4. The minimum absolute atomic E-state index is 0.365. The smallest absolute Gasteiger partial charge is 0.339 e. The van der Waals surface area contributed by atoms with Crippen LogP contribution < -0.4 is 4.90 Å². The molecule has 4 heteroatoms. The summed E-state index contributed by atoms with van der Waals surface area (Å²) in [5.74, 6) is 0.517. The van der Waals surface area contributed by atoms with Crippen molar-refractivity contribution in [1.82, 2.24) is 4.98 Å². The maximum Gasteiger partial charge on any atom is 0.339 e. The van der Waals surface area contributed by atoms with E-state index in [9.17, 15) is 9.90 Å². The van der Waals surface area contributed by atoms with Crippen molar-refractivity contribution in [3.63, 3.8) is 0 Å². The summed E-state index contributed by atoms with van der Waals surface area (Å²) in [7, 11) is 1.96. The van der Waals surface area contributed by atoms with Gasteiger partial charge in [0.25, 0.3) is 0 Å². The summed E-state index contributed by atoms with van der Waals surface area (Å²) in [6, 6.07) is 1.85. The van der Waals surface area contributed by atoms with Gasteiger partial charge in [-0.25, -0.2) is 9.78 Å². The molecule has 1 fully saturated rings. The van der Waals surface area contributed by atoms with Crippen molar-refractivity contribution in [2.75, 3.05) is 18.5 Å². The largest absolute Gasteiger partial charge is 0.478 e. The van der Waals surface area contributed by atoms with Crippen molar-refractivity contribution in [2.45, 2.75) is 38.5 Å². The number of carbonyl (C=O) groups is 1. The van der Waals surface area contributed by atoms with Gasteiger partial charge in [0.05, 0.1) is 0 Å². The van der Waals surface area contributed by atoms with Gasteiger partial charge in [-0.15, -0.1) is 0 Å². The van der Waals surface area contributed by atoms with Crippen LogP contribution in [0.5, 0.6) is 0 Å². The van der Waals surface area contributed by atoms with Crippen molar-refractivity contribution in [1.29, 1.82) is 0 Å². The minimum Gasteiger partial charge on any atom is -0.478 e. The van der Waals surface area contributed by atoms with Crippen LogP contribution in [-0.4, -0.2) is 29.7 Å². The van der Waals surface area contributed by atoms with E-state index in [-0.39, 0.29) is 0 Å². The molecule has 0 bridgehead atoms. The summed E-state index contributed by atoms with van der Waals surface area (Å²) in [5, 5.41) is 9.40. The molecule has 0 saturated heterocycles. The van der Waals surface area contributed by atoms with Gasteiger partial charge in [0.1, 0.15) is 11.4 Å². The molecule has 2 aliphatic carbocycles. The molecule has 0 aliphatic heterocycles. The fraction of sp³-hybridized carbons (Fsp3) is 0.600. The second-order valence-corrected chi connectivity index (χ2v) is 5.80. The number of rotatable bonds is 4. The maximum atomic E-state index is 11.4. The highest BCUT2D eigenvalue weighted by atomic mass is 16.4. The Bertz CT molecular complexity index is 509. The van der Waals surface area contributed by atoms with E-state index >= 15 is 0 Å². The van der Waals surface area contributed by atoms with Crippen LogP contribution in [0.15, 0.2) is 6.07 Å². The van der Waals surface area contributed by atoms with Crippen molar-refractivity contribution in [2.24, 2.45) is 5.92 Å². The topological polar surface area (TPSA) is 53.4 Å². The fourth-order valence-corrected chi connectivity index (χ4v) is 2.85. The molecule has 1 saturated carbocycles. The van der Waals surface area contributed by atoms with E-state index in [1.807, 2.05) is 18.0 Å². The first kappa shape index (κ1) is 12.5. The van der Waals surface area contributed by atoms with Crippen LogP contribution in [0.25, 0.3) is 0 Å². The summed E-state index contributed by atoms with van der Waals surface area (Å²) < 4.78 is 0. The number of anilines is 1. The van der Waals surface area contributed by atoms with Crippen molar-refractivity contribution in [3.8, 4) is 0 Å². The number of carboxylic acid groups (broad SMARTS) is 1. The molecular formula is C15H20N2O2. The Morgan fingerprint density at radius 1 is 1.42 bits per heavy atom. The summed E-state index contributed by atoms with van der Waals surface area (Å²) in [6.45, 7) is 0.923. The van der Waals surface area contributed by atoms with Crippen molar-refractivity contribution < 1.29 is 9.90 Å². The van der Waals surface area contributed by atoms with Gasteiger partial charge in [-0.05, 0) is 56.1 Å². The SMILES string of the molecule is CN(CC1CC1)c1nc2c(cc1C(=O)O)CCCC2. The number of hydrogen-bond donors (Lipinski definition) is 1. The van der Waals surface area contributed by atoms with Crippen LogP contribution in [0.2, 0.25) is 0 Å². The molecule has 4 nitrogen and oxygen atoms in total. The Labute approximate surface area is 113 Å². The zero-order valence-electron chi connectivity index (χ0n) is 11.4. The lowest BCUT2D eigenvalue weighted by atomic mass is 9.94. The summed E-state index contributed by atoms with van der Waals surface area (Å²) in [5.41, 5.74) is 2.60. The number of aromatic nitrogens is 1. The summed E-state index contributed by atoms with van der Waals surface area (Å²) in [4.78, 5) is 18.1. The molecule has 0 aromatic carbocycles. The van der Waals surface area contributed by atoms with Crippen LogP contribution in [-0.2, 0) is 12.8 Å². The number of pyridine rings is 1. The standard InChI is InChI=1S/C15H20N2O2/c1-17(9-10-6-7-10)14-12(15(18)19)8-11-4-2-3-5-13(11)16-14/h8,10H,2-7,9H2,1H3,(H,18,19).